The molecule has 7 heteroatoms. The summed E-state index contributed by atoms with van der Waals surface area (Å²) < 4.78 is 5.14. The number of aryl methyl sites for hydroxylation is 1. The summed E-state index contributed by atoms with van der Waals surface area (Å²) in [6.07, 6.45) is 4.72. The SMILES string of the molecule is Cc1ccoc1C(=O)NCCCN=C(N)N1CCCC(C)C1.I. The standard InChI is InChI=1S/C16H26N4O2.HI/c1-12-5-3-9-20(11-12)16(17)19-8-4-7-18-15(21)14-13(2)6-10-22-14;/h6,10,12H,3-5,7-9,11H2,1-2H3,(H2,17,19)(H,18,21);1H. The molecule has 1 saturated heterocycles. The monoisotopic (exact) mass is 434 g/mol. The van der Waals surface area contributed by atoms with Gasteiger partial charge in [-0.3, -0.25) is 9.79 Å². The number of nitrogens with one attached hydrogen (secondary N) is 1. The molecular formula is C16H27IN4O2. The lowest BCUT2D eigenvalue weighted by Crippen LogP contribution is -2.43. The average Bonchev–Trinajstić information content (AvgIpc) is 2.92. The van der Waals surface area contributed by atoms with E-state index in [4.69, 9.17) is 10.2 Å². The Kier molecular flexibility index (Phi) is 8.43. The third kappa shape index (κ3) is 6.04. The van der Waals surface area contributed by atoms with Crippen molar-refractivity contribution in [2.75, 3.05) is 26.2 Å². The van der Waals surface area contributed by atoms with Gasteiger partial charge in [-0.1, -0.05) is 6.92 Å². The van der Waals surface area contributed by atoms with Crippen molar-refractivity contribution in [3.8, 4) is 0 Å². The third-order valence-corrected chi connectivity index (χ3v) is 3.94. The summed E-state index contributed by atoms with van der Waals surface area (Å²) in [5, 5.41) is 2.83. The van der Waals surface area contributed by atoms with Crippen molar-refractivity contribution in [2.45, 2.75) is 33.1 Å². The van der Waals surface area contributed by atoms with Gasteiger partial charge in [0.25, 0.3) is 5.91 Å². The van der Waals surface area contributed by atoms with Crippen LogP contribution in [0.5, 0.6) is 0 Å². The van der Waals surface area contributed by atoms with E-state index in [1.54, 1.807) is 6.07 Å². The Morgan fingerprint density at radius 2 is 2.35 bits per heavy atom. The van der Waals surface area contributed by atoms with Crippen molar-refractivity contribution in [1.29, 1.82) is 0 Å². The molecule has 0 aromatic carbocycles. The molecule has 1 aliphatic rings. The van der Waals surface area contributed by atoms with Gasteiger partial charge in [0, 0.05) is 31.7 Å². The first-order chi connectivity index (χ1) is 10.6. The second-order valence-corrected chi connectivity index (χ2v) is 5.98. The first kappa shape index (κ1) is 19.8. The first-order valence-electron chi connectivity index (χ1n) is 7.95. The Labute approximate surface area is 154 Å². The highest BCUT2D eigenvalue weighted by atomic mass is 127. The zero-order valence-electron chi connectivity index (χ0n) is 13.9. The lowest BCUT2D eigenvalue weighted by Gasteiger charge is -2.31. The van der Waals surface area contributed by atoms with Gasteiger partial charge >= 0.3 is 0 Å². The van der Waals surface area contributed by atoms with Crippen molar-refractivity contribution in [2.24, 2.45) is 16.6 Å². The van der Waals surface area contributed by atoms with E-state index in [0.29, 0.717) is 30.7 Å². The van der Waals surface area contributed by atoms with Crippen LogP contribution < -0.4 is 11.1 Å². The molecule has 1 amide bonds. The fraction of sp³-hybridized carbons (Fsp3) is 0.625. The minimum Gasteiger partial charge on any atom is -0.459 e. The fourth-order valence-electron chi connectivity index (χ4n) is 2.66. The Morgan fingerprint density at radius 1 is 1.57 bits per heavy atom. The molecule has 0 bridgehead atoms. The number of nitrogens with zero attached hydrogens (tertiary/aromatic N) is 2. The van der Waals surface area contributed by atoms with Gasteiger partial charge < -0.3 is 20.4 Å². The molecule has 6 nitrogen and oxygen atoms in total. The number of guanidine groups is 1. The molecule has 0 radical (unpaired) electrons. The van der Waals surface area contributed by atoms with Gasteiger partial charge in [-0.25, -0.2) is 0 Å². The first-order valence-corrected chi connectivity index (χ1v) is 7.95. The van der Waals surface area contributed by atoms with Crippen LogP contribution in [0.1, 0.15) is 42.3 Å². The summed E-state index contributed by atoms with van der Waals surface area (Å²) in [5.74, 6) is 1.51. The van der Waals surface area contributed by atoms with Crippen LogP contribution in [0, 0.1) is 12.8 Å². The molecule has 2 heterocycles. The maximum absolute atomic E-state index is 11.8. The number of piperidine rings is 1. The van der Waals surface area contributed by atoms with Gasteiger partial charge in [0.2, 0.25) is 0 Å². The molecule has 0 spiro atoms. The van der Waals surface area contributed by atoms with E-state index in [1.807, 2.05) is 6.92 Å². The normalized spacial score (nSPS) is 18.4. The molecule has 3 N–H and O–H groups in total. The highest BCUT2D eigenvalue weighted by molar-refractivity contribution is 14.0. The van der Waals surface area contributed by atoms with E-state index in [-0.39, 0.29) is 29.9 Å². The van der Waals surface area contributed by atoms with Crippen molar-refractivity contribution < 1.29 is 9.21 Å². The van der Waals surface area contributed by atoms with Gasteiger partial charge in [-0.05, 0) is 38.2 Å². The summed E-state index contributed by atoms with van der Waals surface area (Å²) >= 11 is 0. The van der Waals surface area contributed by atoms with E-state index in [2.05, 4.69) is 22.1 Å². The molecule has 1 aromatic rings. The molecule has 23 heavy (non-hydrogen) atoms. The van der Waals surface area contributed by atoms with E-state index >= 15 is 0 Å². The maximum Gasteiger partial charge on any atom is 0.287 e. The van der Waals surface area contributed by atoms with Crippen LogP contribution in [0.2, 0.25) is 0 Å². The van der Waals surface area contributed by atoms with E-state index in [1.165, 1.54) is 19.1 Å². The van der Waals surface area contributed by atoms with Crippen LogP contribution in [0.15, 0.2) is 21.7 Å². The van der Waals surface area contributed by atoms with Crippen LogP contribution >= 0.6 is 24.0 Å². The fourth-order valence-corrected chi connectivity index (χ4v) is 2.66. The lowest BCUT2D eigenvalue weighted by molar-refractivity contribution is 0.0925. The van der Waals surface area contributed by atoms with E-state index in [0.717, 1.165) is 25.1 Å². The van der Waals surface area contributed by atoms with Gasteiger partial charge in [-0.2, -0.15) is 0 Å². The summed E-state index contributed by atoms with van der Waals surface area (Å²) in [4.78, 5) is 18.4. The number of nitrogens with two attached hydrogens (primary N) is 1. The number of rotatable bonds is 5. The van der Waals surface area contributed by atoms with Crippen LogP contribution in [0.3, 0.4) is 0 Å². The topological polar surface area (TPSA) is 83.9 Å². The van der Waals surface area contributed by atoms with Crippen LogP contribution in [-0.4, -0.2) is 42.9 Å². The smallest absolute Gasteiger partial charge is 0.287 e. The molecule has 130 valence electrons. The van der Waals surface area contributed by atoms with Crippen molar-refractivity contribution in [3.05, 3.63) is 23.7 Å². The van der Waals surface area contributed by atoms with Gasteiger partial charge in [0.15, 0.2) is 11.7 Å². The molecule has 0 saturated carbocycles. The number of likely N-dealkylation sites (tertiary alicyclic amines) is 1. The number of amides is 1. The van der Waals surface area contributed by atoms with Gasteiger partial charge in [-0.15, -0.1) is 24.0 Å². The summed E-state index contributed by atoms with van der Waals surface area (Å²) in [6, 6.07) is 1.78. The molecule has 1 aliphatic heterocycles. The second-order valence-electron chi connectivity index (χ2n) is 5.98. The van der Waals surface area contributed by atoms with Gasteiger partial charge in [0.1, 0.15) is 0 Å². The quantitative estimate of drug-likeness (QED) is 0.323. The Balaban J connectivity index is 0.00000264. The maximum atomic E-state index is 11.8. The molecule has 1 atom stereocenters. The average molecular weight is 434 g/mol. The number of hydrogen-bond acceptors (Lipinski definition) is 3. The van der Waals surface area contributed by atoms with Crippen LogP contribution in [-0.2, 0) is 0 Å². The number of aliphatic imine (C=N–C) groups is 1. The Morgan fingerprint density at radius 3 is 3.00 bits per heavy atom. The predicted molar refractivity (Wildman–Crippen MR) is 102 cm³/mol. The van der Waals surface area contributed by atoms with E-state index in [9.17, 15) is 4.79 Å². The van der Waals surface area contributed by atoms with Crippen molar-refractivity contribution in [1.82, 2.24) is 10.2 Å². The largest absolute Gasteiger partial charge is 0.459 e. The van der Waals surface area contributed by atoms with Crippen molar-refractivity contribution in [3.63, 3.8) is 0 Å². The van der Waals surface area contributed by atoms with Crippen LogP contribution in [0.25, 0.3) is 0 Å². The number of hydrogen-bond donors (Lipinski definition) is 2. The minimum absolute atomic E-state index is 0. The molecule has 2 rings (SSSR count). The Hall–Kier alpha value is -1.25. The number of furan rings is 1. The number of halogens is 1. The highest BCUT2D eigenvalue weighted by Gasteiger charge is 2.17. The molecule has 1 unspecified atom stereocenters. The highest BCUT2D eigenvalue weighted by Crippen LogP contribution is 2.14. The number of carbonyl (C=O) groups excluding carboxylic acids is 1. The van der Waals surface area contributed by atoms with Crippen molar-refractivity contribution >= 4 is 35.8 Å². The summed E-state index contributed by atoms with van der Waals surface area (Å²) in [7, 11) is 0. The lowest BCUT2D eigenvalue weighted by atomic mass is 10.0. The van der Waals surface area contributed by atoms with Gasteiger partial charge in [0.05, 0.1) is 6.26 Å². The molecule has 0 aliphatic carbocycles. The zero-order chi connectivity index (χ0) is 15.9. The Bertz CT molecular complexity index is 530. The zero-order valence-corrected chi connectivity index (χ0v) is 16.2. The predicted octanol–water partition coefficient (Wildman–Crippen LogP) is 2.37. The summed E-state index contributed by atoms with van der Waals surface area (Å²) in [6.45, 7) is 7.26. The number of carbonyl (C=O) groups is 1. The second kappa shape index (κ2) is 9.79. The van der Waals surface area contributed by atoms with Crippen LogP contribution in [0.4, 0.5) is 0 Å². The van der Waals surface area contributed by atoms with E-state index < -0.39 is 0 Å². The summed E-state index contributed by atoms with van der Waals surface area (Å²) in [5.41, 5.74) is 6.87. The molecular weight excluding hydrogens is 407 g/mol. The third-order valence-electron chi connectivity index (χ3n) is 3.94. The minimum atomic E-state index is -0.177. The molecule has 1 fully saturated rings. The molecule has 1 aromatic heterocycles.